The van der Waals surface area contributed by atoms with Crippen LogP contribution in [-0.2, 0) is 6.42 Å². The summed E-state index contributed by atoms with van der Waals surface area (Å²) in [7, 11) is 4.19. The molecular weight excluding hydrogens is 272 g/mol. The third-order valence-corrected chi connectivity index (χ3v) is 4.66. The van der Waals surface area contributed by atoms with Gasteiger partial charge in [0.1, 0.15) is 4.88 Å². The molecule has 0 bridgehead atoms. The van der Waals surface area contributed by atoms with Crippen molar-refractivity contribution in [3.63, 3.8) is 0 Å². The van der Waals surface area contributed by atoms with Crippen LogP contribution in [0.1, 0.15) is 48.0 Å². The zero-order valence-corrected chi connectivity index (χ0v) is 13.4. The van der Waals surface area contributed by atoms with Crippen LogP contribution in [0.25, 0.3) is 0 Å². The molecule has 6 heteroatoms. The van der Waals surface area contributed by atoms with Crippen LogP contribution < -0.4 is 0 Å². The van der Waals surface area contributed by atoms with E-state index in [4.69, 9.17) is 0 Å². The number of rotatable bonds is 4. The number of nitrogens with zero attached hydrogens (tertiary/aromatic N) is 4. The number of hydrogen-bond acceptors (Lipinski definition) is 5. The summed E-state index contributed by atoms with van der Waals surface area (Å²) in [4.78, 5) is 17.7. The second-order valence-corrected chi connectivity index (χ2v) is 6.42. The van der Waals surface area contributed by atoms with Crippen LogP contribution in [0.15, 0.2) is 0 Å². The molecule has 1 aromatic heterocycles. The van der Waals surface area contributed by atoms with Crippen molar-refractivity contribution in [1.82, 2.24) is 19.4 Å². The van der Waals surface area contributed by atoms with E-state index in [9.17, 15) is 4.79 Å². The normalized spacial score (nSPS) is 20.2. The third kappa shape index (κ3) is 3.55. The van der Waals surface area contributed by atoms with Crippen molar-refractivity contribution in [3.8, 4) is 0 Å². The quantitative estimate of drug-likeness (QED) is 0.853. The van der Waals surface area contributed by atoms with Crippen molar-refractivity contribution >= 4 is 17.4 Å². The van der Waals surface area contributed by atoms with Crippen molar-refractivity contribution < 1.29 is 4.79 Å². The van der Waals surface area contributed by atoms with Gasteiger partial charge in [0.05, 0.1) is 5.69 Å². The Balaban J connectivity index is 2.12. The lowest BCUT2D eigenvalue weighted by Crippen LogP contribution is -2.41. The molecule has 0 spiro atoms. The molecule has 0 saturated carbocycles. The van der Waals surface area contributed by atoms with Crippen molar-refractivity contribution in [2.24, 2.45) is 0 Å². The Kier molecular flexibility index (Phi) is 5.48. The lowest BCUT2D eigenvalue weighted by Gasteiger charge is -2.28. The predicted molar refractivity (Wildman–Crippen MR) is 81.1 cm³/mol. The molecule has 1 aromatic rings. The van der Waals surface area contributed by atoms with E-state index in [1.54, 1.807) is 0 Å². The number of likely N-dealkylation sites (tertiary alicyclic amines) is 1. The summed E-state index contributed by atoms with van der Waals surface area (Å²) >= 11 is 1.24. The first-order chi connectivity index (χ1) is 9.63. The number of hydrogen-bond donors (Lipinski definition) is 0. The zero-order valence-electron chi connectivity index (χ0n) is 12.6. The summed E-state index contributed by atoms with van der Waals surface area (Å²) in [5.41, 5.74) is 0.869. The maximum Gasteiger partial charge on any atom is 0.267 e. The Hall–Kier alpha value is -1.01. The molecule has 5 nitrogen and oxygen atoms in total. The predicted octanol–water partition coefficient (Wildman–Crippen LogP) is 2.05. The van der Waals surface area contributed by atoms with Crippen molar-refractivity contribution in [3.05, 3.63) is 10.6 Å². The molecule has 0 radical (unpaired) electrons. The van der Waals surface area contributed by atoms with Gasteiger partial charge < -0.3 is 9.80 Å². The summed E-state index contributed by atoms with van der Waals surface area (Å²) in [6, 6.07) is 0.456. The SMILES string of the molecule is CCCc1nnsc1C(=O)N1CCCC[C@H](N(C)C)C1. The van der Waals surface area contributed by atoms with Crippen LogP contribution in [-0.4, -0.2) is 58.5 Å². The summed E-state index contributed by atoms with van der Waals surface area (Å²) in [5, 5.41) is 4.11. The topological polar surface area (TPSA) is 49.3 Å². The molecule has 0 N–H and O–H groups in total. The highest BCUT2D eigenvalue weighted by atomic mass is 32.1. The number of likely N-dealkylation sites (N-methyl/N-ethyl adjacent to an activating group) is 1. The summed E-state index contributed by atoms with van der Waals surface area (Å²) in [5.74, 6) is 0.122. The molecule has 0 unspecified atom stereocenters. The van der Waals surface area contributed by atoms with Gasteiger partial charge in [-0.3, -0.25) is 4.79 Å². The zero-order chi connectivity index (χ0) is 14.5. The van der Waals surface area contributed by atoms with Gasteiger partial charge in [0.25, 0.3) is 5.91 Å². The minimum atomic E-state index is 0.122. The number of aryl methyl sites for hydroxylation is 1. The summed E-state index contributed by atoms with van der Waals surface area (Å²) < 4.78 is 3.97. The van der Waals surface area contributed by atoms with Gasteiger partial charge in [-0.1, -0.05) is 24.3 Å². The molecule has 20 heavy (non-hydrogen) atoms. The van der Waals surface area contributed by atoms with Gasteiger partial charge in [0.15, 0.2) is 0 Å². The third-order valence-electron chi connectivity index (χ3n) is 3.90. The van der Waals surface area contributed by atoms with E-state index in [0.717, 1.165) is 42.9 Å². The average molecular weight is 296 g/mol. The number of amides is 1. The van der Waals surface area contributed by atoms with Crippen LogP contribution in [0.3, 0.4) is 0 Å². The lowest BCUT2D eigenvalue weighted by atomic mass is 10.1. The Morgan fingerprint density at radius 1 is 1.45 bits per heavy atom. The molecule has 1 atom stereocenters. The maximum atomic E-state index is 12.7. The Labute approximate surface area is 125 Å². The fourth-order valence-electron chi connectivity index (χ4n) is 2.64. The van der Waals surface area contributed by atoms with Gasteiger partial charge in [-0.2, -0.15) is 0 Å². The van der Waals surface area contributed by atoms with Crippen molar-refractivity contribution in [2.75, 3.05) is 27.2 Å². The molecule has 0 aliphatic carbocycles. The van der Waals surface area contributed by atoms with Crippen LogP contribution in [0, 0.1) is 0 Å². The molecule has 2 rings (SSSR count). The van der Waals surface area contributed by atoms with Gasteiger partial charge >= 0.3 is 0 Å². The van der Waals surface area contributed by atoms with E-state index in [2.05, 4.69) is 35.5 Å². The molecule has 1 saturated heterocycles. The Morgan fingerprint density at radius 3 is 2.95 bits per heavy atom. The van der Waals surface area contributed by atoms with E-state index >= 15 is 0 Å². The van der Waals surface area contributed by atoms with Gasteiger partial charge in [0.2, 0.25) is 0 Å². The van der Waals surface area contributed by atoms with Crippen LogP contribution in [0.2, 0.25) is 0 Å². The molecule has 1 aliphatic heterocycles. The standard InChI is InChI=1S/C14H24N4OS/c1-4-7-12-13(20-16-15-12)14(19)18-9-6-5-8-11(10-18)17(2)3/h11H,4-10H2,1-3H3/t11-/m0/s1. The number of carbonyl (C=O) groups is 1. The molecule has 2 heterocycles. The minimum absolute atomic E-state index is 0.122. The van der Waals surface area contributed by atoms with Crippen LogP contribution in [0.5, 0.6) is 0 Å². The smallest absolute Gasteiger partial charge is 0.267 e. The highest BCUT2D eigenvalue weighted by Crippen LogP contribution is 2.20. The van der Waals surface area contributed by atoms with Crippen molar-refractivity contribution in [2.45, 2.75) is 45.1 Å². The summed E-state index contributed by atoms with van der Waals surface area (Å²) in [6.07, 6.45) is 5.27. The lowest BCUT2D eigenvalue weighted by molar-refractivity contribution is 0.0729. The minimum Gasteiger partial charge on any atom is -0.336 e. The average Bonchev–Trinajstić information content (AvgIpc) is 2.73. The second-order valence-electron chi connectivity index (χ2n) is 5.66. The molecule has 1 fully saturated rings. The maximum absolute atomic E-state index is 12.7. The van der Waals surface area contributed by atoms with Gasteiger partial charge in [-0.25, -0.2) is 0 Å². The van der Waals surface area contributed by atoms with Gasteiger partial charge in [-0.15, -0.1) is 5.10 Å². The van der Waals surface area contributed by atoms with Crippen molar-refractivity contribution in [1.29, 1.82) is 0 Å². The first-order valence-corrected chi connectivity index (χ1v) is 8.17. The number of carbonyl (C=O) groups excluding carboxylic acids is 1. The fourth-order valence-corrected chi connectivity index (χ4v) is 3.32. The summed E-state index contributed by atoms with van der Waals surface area (Å²) in [6.45, 7) is 3.77. The molecule has 112 valence electrons. The molecule has 1 aliphatic rings. The van der Waals surface area contributed by atoms with E-state index in [-0.39, 0.29) is 5.91 Å². The first kappa shape index (κ1) is 15.4. The second kappa shape index (κ2) is 7.13. The van der Waals surface area contributed by atoms with Gasteiger partial charge in [0, 0.05) is 19.1 Å². The van der Waals surface area contributed by atoms with Crippen LogP contribution >= 0.6 is 11.5 Å². The molecule has 0 aromatic carbocycles. The van der Waals surface area contributed by atoms with Gasteiger partial charge in [-0.05, 0) is 44.9 Å². The monoisotopic (exact) mass is 296 g/mol. The van der Waals surface area contributed by atoms with E-state index in [1.165, 1.54) is 24.4 Å². The van der Waals surface area contributed by atoms with E-state index < -0.39 is 0 Å². The first-order valence-electron chi connectivity index (χ1n) is 7.40. The highest BCUT2D eigenvalue weighted by molar-refractivity contribution is 7.08. The van der Waals surface area contributed by atoms with Crippen LogP contribution in [0.4, 0.5) is 0 Å². The fraction of sp³-hybridized carbons (Fsp3) is 0.786. The molecule has 1 amide bonds. The number of aromatic nitrogens is 2. The molecular formula is C14H24N4OS. The Bertz CT molecular complexity index is 446. The Morgan fingerprint density at radius 2 is 2.25 bits per heavy atom. The highest BCUT2D eigenvalue weighted by Gasteiger charge is 2.26. The van der Waals surface area contributed by atoms with E-state index in [1.807, 2.05) is 4.90 Å². The largest absolute Gasteiger partial charge is 0.336 e. The van der Waals surface area contributed by atoms with E-state index in [0.29, 0.717) is 6.04 Å².